The molecule has 0 bridgehead atoms. The lowest BCUT2D eigenvalue weighted by atomic mass is 10.2. The van der Waals surface area contributed by atoms with E-state index in [0.29, 0.717) is 21.7 Å². The van der Waals surface area contributed by atoms with E-state index in [1.165, 1.54) is 11.8 Å². The number of rotatable bonds is 8. The summed E-state index contributed by atoms with van der Waals surface area (Å²) >= 11 is 7.37. The third-order valence-corrected chi connectivity index (χ3v) is 6.28. The summed E-state index contributed by atoms with van der Waals surface area (Å²) in [5.41, 5.74) is 3.35. The van der Waals surface area contributed by atoms with Crippen molar-refractivity contribution in [3.8, 4) is 28.6 Å². The van der Waals surface area contributed by atoms with E-state index in [1.54, 1.807) is 26.4 Å². The lowest BCUT2D eigenvalue weighted by Crippen LogP contribution is -2.15. The van der Waals surface area contributed by atoms with Gasteiger partial charge >= 0.3 is 0 Å². The van der Waals surface area contributed by atoms with Crippen LogP contribution in [0.1, 0.15) is 5.56 Å². The van der Waals surface area contributed by atoms with Gasteiger partial charge in [0.05, 0.1) is 20.0 Å². The number of hydrogen-bond acceptors (Lipinski definition) is 6. The Bertz CT molecular complexity index is 1290. The Morgan fingerprint density at radius 1 is 0.971 bits per heavy atom. The zero-order chi connectivity index (χ0) is 24.1. The largest absolute Gasteiger partial charge is 0.497 e. The lowest BCUT2D eigenvalue weighted by Gasteiger charge is -2.12. The third kappa shape index (κ3) is 5.35. The highest BCUT2D eigenvalue weighted by atomic mass is 35.5. The number of nitrogens with one attached hydrogen (secondary N) is 1. The summed E-state index contributed by atoms with van der Waals surface area (Å²) < 4.78 is 12.5. The highest BCUT2D eigenvalue weighted by Gasteiger charge is 2.18. The first kappa shape index (κ1) is 23.7. The van der Waals surface area contributed by atoms with Crippen LogP contribution in [0.15, 0.2) is 71.9 Å². The van der Waals surface area contributed by atoms with Gasteiger partial charge in [-0.3, -0.25) is 9.36 Å². The second kappa shape index (κ2) is 10.6. The van der Waals surface area contributed by atoms with Crippen molar-refractivity contribution in [3.05, 3.63) is 77.3 Å². The molecule has 0 atom stereocenters. The maximum Gasteiger partial charge on any atom is 0.234 e. The minimum absolute atomic E-state index is 0.156. The molecule has 1 amide bonds. The fourth-order valence-electron chi connectivity index (χ4n) is 3.30. The Labute approximate surface area is 207 Å². The highest BCUT2D eigenvalue weighted by molar-refractivity contribution is 7.99. The number of nitrogens with zero attached hydrogens (tertiary/aromatic N) is 3. The quantitative estimate of drug-likeness (QED) is 0.319. The summed E-state index contributed by atoms with van der Waals surface area (Å²) in [5.74, 6) is 2.14. The van der Waals surface area contributed by atoms with E-state index in [4.69, 9.17) is 21.1 Å². The zero-order valence-electron chi connectivity index (χ0n) is 18.9. The van der Waals surface area contributed by atoms with Crippen LogP contribution in [0.25, 0.3) is 17.1 Å². The number of anilines is 1. The molecule has 0 aliphatic heterocycles. The maximum absolute atomic E-state index is 12.7. The molecule has 4 aromatic rings. The van der Waals surface area contributed by atoms with Crippen LogP contribution in [-0.2, 0) is 4.79 Å². The molecule has 1 aromatic heterocycles. The van der Waals surface area contributed by atoms with E-state index in [9.17, 15) is 4.79 Å². The van der Waals surface area contributed by atoms with Crippen molar-refractivity contribution in [1.82, 2.24) is 14.8 Å². The minimum atomic E-state index is -0.161. The van der Waals surface area contributed by atoms with E-state index in [1.807, 2.05) is 66.1 Å². The molecule has 174 valence electrons. The van der Waals surface area contributed by atoms with Gasteiger partial charge in [0, 0.05) is 22.0 Å². The number of methoxy groups -OCH3 is 2. The number of benzene rings is 3. The van der Waals surface area contributed by atoms with E-state index < -0.39 is 0 Å². The smallest absolute Gasteiger partial charge is 0.234 e. The van der Waals surface area contributed by atoms with Crippen molar-refractivity contribution in [2.75, 3.05) is 25.3 Å². The van der Waals surface area contributed by atoms with Crippen LogP contribution in [-0.4, -0.2) is 40.6 Å². The fourth-order valence-corrected chi connectivity index (χ4v) is 4.22. The minimum Gasteiger partial charge on any atom is -0.497 e. The Hall–Kier alpha value is -3.49. The molecule has 0 saturated carbocycles. The van der Waals surface area contributed by atoms with Gasteiger partial charge in [0.1, 0.15) is 11.5 Å². The molecule has 7 nitrogen and oxygen atoms in total. The summed E-state index contributed by atoms with van der Waals surface area (Å²) in [5, 5.41) is 12.9. The number of halogens is 1. The number of aryl methyl sites for hydroxylation is 1. The number of carbonyl (C=O) groups excluding carboxylic acids is 1. The third-order valence-electron chi connectivity index (χ3n) is 5.12. The van der Waals surface area contributed by atoms with Gasteiger partial charge in [0.2, 0.25) is 5.91 Å². The van der Waals surface area contributed by atoms with Gasteiger partial charge < -0.3 is 14.8 Å². The van der Waals surface area contributed by atoms with Crippen molar-refractivity contribution < 1.29 is 14.3 Å². The van der Waals surface area contributed by atoms with Gasteiger partial charge in [-0.15, -0.1) is 10.2 Å². The zero-order valence-corrected chi connectivity index (χ0v) is 20.5. The van der Waals surface area contributed by atoms with E-state index >= 15 is 0 Å². The molecule has 3 aromatic carbocycles. The molecule has 0 aliphatic rings. The lowest BCUT2D eigenvalue weighted by molar-refractivity contribution is -0.113. The number of hydrogen-bond donors (Lipinski definition) is 1. The molecule has 0 saturated heterocycles. The van der Waals surface area contributed by atoms with Gasteiger partial charge in [-0.1, -0.05) is 29.4 Å². The van der Waals surface area contributed by atoms with Crippen LogP contribution in [0, 0.1) is 6.92 Å². The average molecular weight is 495 g/mol. The SMILES string of the molecule is COc1ccc(-c2nnc(SCC(=O)Nc3cc(Cl)ccc3C)n2-c2ccc(OC)cc2)cc1. The molecule has 0 unspecified atom stereocenters. The van der Waals surface area contributed by atoms with Crippen LogP contribution >= 0.6 is 23.4 Å². The summed E-state index contributed by atoms with van der Waals surface area (Å²) in [4.78, 5) is 12.7. The molecule has 9 heteroatoms. The second-order valence-electron chi connectivity index (χ2n) is 7.36. The van der Waals surface area contributed by atoms with Gasteiger partial charge in [0.25, 0.3) is 0 Å². The van der Waals surface area contributed by atoms with Crippen LogP contribution in [0.2, 0.25) is 5.02 Å². The summed E-state index contributed by atoms with van der Waals surface area (Å²) in [6, 6.07) is 20.6. The van der Waals surface area contributed by atoms with Crippen LogP contribution in [0.3, 0.4) is 0 Å². The first-order valence-electron chi connectivity index (χ1n) is 10.4. The molecular formula is C25H23ClN4O3S. The van der Waals surface area contributed by atoms with Gasteiger partial charge in [0.15, 0.2) is 11.0 Å². The molecular weight excluding hydrogens is 472 g/mol. The average Bonchev–Trinajstić information content (AvgIpc) is 3.29. The van der Waals surface area contributed by atoms with Crippen molar-refractivity contribution in [1.29, 1.82) is 0 Å². The summed E-state index contributed by atoms with van der Waals surface area (Å²) in [6.07, 6.45) is 0. The second-order valence-corrected chi connectivity index (χ2v) is 8.74. The Morgan fingerprint density at radius 2 is 1.62 bits per heavy atom. The summed E-state index contributed by atoms with van der Waals surface area (Å²) in [6.45, 7) is 1.92. The van der Waals surface area contributed by atoms with Gasteiger partial charge in [-0.2, -0.15) is 0 Å². The number of amides is 1. The van der Waals surface area contributed by atoms with Crippen molar-refractivity contribution in [2.45, 2.75) is 12.1 Å². The highest BCUT2D eigenvalue weighted by Crippen LogP contribution is 2.30. The van der Waals surface area contributed by atoms with Crippen molar-refractivity contribution in [3.63, 3.8) is 0 Å². The number of thioether (sulfide) groups is 1. The molecule has 1 heterocycles. The predicted octanol–water partition coefficient (Wildman–Crippen LogP) is 5.64. The van der Waals surface area contributed by atoms with Crippen LogP contribution in [0.5, 0.6) is 11.5 Å². The van der Waals surface area contributed by atoms with Crippen LogP contribution < -0.4 is 14.8 Å². The normalized spacial score (nSPS) is 10.7. The molecule has 4 rings (SSSR count). The number of ether oxygens (including phenoxy) is 2. The topological polar surface area (TPSA) is 78.3 Å². The maximum atomic E-state index is 12.7. The summed E-state index contributed by atoms with van der Waals surface area (Å²) in [7, 11) is 3.25. The monoisotopic (exact) mass is 494 g/mol. The number of carbonyl (C=O) groups is 1. The standard InChI is InChI=1S/C25H23ClN4O3S/c1-16-4-7-18(26)14-22(16)27-23(31)15-34-25-29-28-24(17-5-10-20(32-2)11-6-17)30(25)19-8-12-21(33-3)13-9-19/h4-14H,15H2,1-3H3,(H,27,31). The first-order valence-corrected chi connectivity index (χ1v) is 11.8. The van der Waals surface area contributed by atoms with Crippen molar-refractivity contribution >= 4 is 35.0 Å². The fraction of sp³-hybridized carbons (Fsp3) is 0.160. The predicted molar refractivity (Wildman–Crippen MR) is 135 cm³/mol. The molecule has 0 fully saturated rings. The van der Waals surface area contributed by atoms with E-state index in [-0.39, 0.29) is 11.7 Å². The van der Waals surface area contributed by atoms with Gasteiger partial charge in [-0.25, -0.2) is 0 Å². The molecule has 0 spiro atoms. The Balaban J connectivity index is 1.61. The molecule has 1 N–H and O–H groups in total. The van der Waals surface area contributed by atoms with Gasteiger partial charge in [-0.05, 0) is 73.2 Å². The Morgan fingerprint density at radius 3 is 2.26 bits per heavy atom. The molecule has 0 aliphatic carbocycles. The molecule has 0 radical (unpaired) electrons. The molecule has 34 heavy (non-hydrogen) atoms. The van der Waals surface area contributed by atoms with Crippen molar-refractivity contribution in [2.24, 2.45) is 0 Å². The van der Waals surface area contributed by atoms with E-state index in [2.05, 4.69) is 15.5 Å². The Kier molecular flexibility index (Phi) is 7.40. The number of aromatic nitrogens is 3. The van der Waals surface area contributed by atoms with Crippen LogP contribution in [0.4, 0.5) is 5.69 Å². The van der Waals surface area contributed by atoms with E-state index in [0.717, 1.165) is 28.3 Å². The first-order chi connectivity index (χ1) is 16.5.